The molecule has 2 heterocycles. The molecule has 1 amide bonds. The van der Waals surface area contributed by atoms with Crippen LogP contribution in [0, 0.1) is 12.8 Å². The number of likely N-dealkylation sites (tertiary alicyclic amines) is 1. The maximum Gasteiger partial charge on any atom is 0.266 e. The van der Waals surface area contributed by atoms with Gasteiger partial charge in [-0.2, -0.15) is 0 Å². The average Bonchev–Trinajstić information content (AvgIpc) is 3.24. The topological polar surface area (TPSA) is 42.4 Å². The van der Waals surface area contributed by atoms with Crippen molar-refractivity contribution >= 4 is 17.2 Å². The molecule has 122 valence electrons. The molecule has 2 fully saturated rings. The minimum Gasteiger partial charge on any atom is -0.375 e. The second-order valence-electron chi connectivity index (χ2n) is 6.60. The highest BCUT2D eigenvalue weighted by Gasteiger charge is 2.37. The minimum atomic E-state index is -0.0468. The molecule has 0 aromatic carbocycles. The van der Waals surface area contributed by atoms with E-state index in [0.29, 0.717) is 6.04 Å². The molecule has 1 aliphatic carbocycles. The van der Waals surface area contributed by atoms with E-state index >= 15 is 0 Å². The van der Waals surface area contributed by atoms with Gasteiger partial charge in [0.2, 0.25) is 0 Å². The Morgan fingerprint density at radius 3 is 2.73 bits per heavy atom. The summed E-state index contributed by atoms with van der Waals surface area (Å²) in [6, 6.07) is 0.458. The average molecular weight is 322 g/mol. The smallest absolute Gasteiger partial charge is 0.266 e. The third-order valence-electron chi connectivity index (χ3n) is 5.21. The molecule has 1 aromatic heterocycles. The van der Waals surface area contributed by atoms with Gasteiger partial charge in [-0.05, 0) is 45.4 Å². The zero-order valence-corrected chi connectivity index (χ0v) is 14.6. The fraction of sp³-hybridized carbons (Fsp3) is 0.765. The first kappa shape index (κ1) is 15.9. The molecule has 0 spiro atoms. The number of nitrogens with zero attached hydrogens (tertiary/aromatic N) is 2. The van der Waals surface area contributed by atoms with Crippen molar-refractivity contribution in [3.8, 4) is 0 Å². The summed E-state index contributed by atoms with van der Waals surface area (Å²) in [6.07, 6.45) is 7.53. The van der Waals surface area contributed by atoms with E-state index in [1.165, 1.54) is 43.4 Å². The minimum absolute atomic E-state index is 0.0468. The molecule has 0 N–H and O–H groups in total. The Morgan fingerprint density at radius 2 is 2.05 bits per heavy atom. The van der Waals surface area contributed by atoms with Gasteiger partial charge in [0.25, 0.3) is 5.91 Å². The zero-order chi connectivity index (χ0) is 15.7. The number of hydrogen-bond donors (Lipinski definition) is 0. The number of hydrogen-bond acceptors (Lipinski definition) is 4. The van der Waals surface area contributed by atoms with E-state index in [1.807, 2.05) is 13.8 Å². The van der Waals surface area contributed by atoms with Gasteiger partial charge in [0.15, 0.2) is 0 Å². The highest BCUT2D eigenvalue weighted by molar-refractivity contribution is 7.13. The summed E-state index contributed by atoms with van der Waals surface area (Å²) in [5, 5.41) is 0.903. The van der Waals surface area contributed by atoms with Crippen LogP contribution in [0.1, 0.15) is 71.9 Å². The van der Waals surface area contributed by atoms with Crippen LogP contribution in [0.5, 0.6) is 0 Å². The molecule has 1 aromatic rings. The molecule has 1 saturated carbocycles. The highest BCUT2D eigenvalue weighted by Crippen LogP contribution is 2.37. The van der Waals surface area contributed by atoms with E-state index in [9.17, 15) is 4.79 Å². The lowest BCUT2D eigenvalue weighted by Gasteiger charge is -2.29. The third kappa shape index (κ3) is 2.93. The van der Waals surface area contributed by atoms with Crippen molar-refractivity contribution < 1.29 is 9.53 Å². The summed E-state index contributed by atoms with van der Waals surface area (Å²) in [4.78, 5) is 20.5. The van der Waals surface area contributed by atoms with Crippen LogP contribution in [0.2, 0.25) is 0 Å². The van der Waals surface area contributed by atoms with E-state index in [0.717, 1.165) is 34.5 Å². The van der Waals surface area contributed by atoms with Gasteiger partial charge in [-0.1, -0.05) is 12.8 Å². The summed E-state index contributed by atoms with van der Waals surface area (Å²) in [6.45, 7) is 4.83. The van der Waals surface area contributed by atoms with Crippen LogP contribution >= 0.6 is 11.3 Å². The number of aryl methyl sites for hydroxylation is 1. The monoisotopic (exact) mass is 322 g/mol. The standard InChI is InChI=1S/C17H26N2O2S/c1-11-15(22-16(18-11)12(2)21-3)17(20)19-10-6-9-14(19)13-7-4-5-8-13/h12-14H,4-10H2,1-3H3/t12-,14-/m1/s1. The first-order valence-corrected chi connectivity index (χ1v) is 9.24. The number of thiazole rings is 1. The maximum absolute atomic E-state index is 13.0. The van der Waals surface area contributed by atoms with Crippen molar-refractivity contribution in [3.05, 3.63) is 15.6 Å². The second kappa shape index (κ2) is 6.67. The van der Waals surface area contributed by atoms with Crippen molar-refractivity contribution in [2.75, 3.05) is 13.7 Å². The van der Waals surface area contributed by atoms with Crippen molar-refractivity contribution in [3.63, 3.8) is 0 Å². The number of amides is 1. The van der Waals surface area contributed by atoms with Crippen LogP contribution in [0.3, 0.4) is 0 Å². The van der Waals surface area contributed by atoms with Crippen molar-refractivity contribution in [2.24, 2.45) is 5.92 Å². The summed E-state index contributed by atoms with van der Waals surface area (Å²) >= 11 is 1.50. The number of carbonyl (C=O) groups excluding carboxylic acids is 1. The van der Waals surface area contributed by atoms with Gasteiger partial charge in [-0.15, -0.1) is 11.3 Å². The van der Waals surface area contributed by atoms with Crippen molar-refractivity contribution in [2.45, 2.75) is 64.5 Å². The van der Waals surface area contributed by atoms with E-state index in [4.69, 9.17) is 4.74 Å². The van der Waals surface area contributed by atoms with Crippen LogP contribution in [0.15, 0.2) is 0 Å². The third-order valence-corrected chi connectivity index (χ3v) is 6.52. The summed E-state index contributed by atoms with van der Waals surface area (Å²) in [7, 11) is 1.68. The van der Waals surface area contributed by atoms with Gasteiger partial charge in [0, 0.05) is 19.7 Å². The van der Waals surface area contributed by atoms with E-state index < -0.39 is 0 Å². The number of methoxy groups -OCH3 is 1. The summed E-state index contributed by atoms with van der Waals surface area (Å²) < 4.78 is 5.34. The fourth-order valence-corrected chi connectivity index (χ4v) is 4.95. The molecular formula is C17H26N2O2S. The largest absolute Gasteiger partial charge is 0.375 e. The van der Waals surface area contributed by atoms with Gasteiger partial charge in [0.1, 0.15) is 16.0 Å². The Labute approximate surface area is 136 Å². The number of aromatic nitrogens is 1. The second-order valence-corrected chi connectivity index (χ2v) is 7.63. The normalized spacial score (nSPS) is 24.1. The first-order chi connectivity index (χ1) is 10.6. The first-order valence-electron chi connectivity index (χ1n) is 8.43. The van der Waals surface area contributed by atoms with Gasteiger partial charge < -0.3 is 9.64 Å². The van der Waals surface area contributed by atoms with Crippen molar-refractivity contribution in [1.82, 2.24) is 9.88 Å². The van der Waals surface area contributed by atoms with E-state index in [1.54, 1.807) is 7.11 Å². The highest BCUT2D eigenvalue weighted by atomic mass is 32.1. The predicted octanol–water partition coefficient (Wildman–Crippen LogP) is 3.95. The molecule has 1 saturated heterocycles. The molecule has 2 atom stereocenters. The van der Waals surface area contributed by atoms with Crippen molar-refractivity contribution in [1.29, 1.82) is 0 Å². The summed E-state index contributed by atoms with van der Waals surface area (Å²) in [5.41, 5.74) is 0.853. The SMILES string of the molecule is CO[C@H](C)c1nc(C)c(C(=O)N2CCC[C@@H]2C2CCCC2)s1. The predicted molar refractivity (Wildman–Crippen MR) is 88.3 cm³/mol. The Morgan fingerprint density at radius 1 is 1.32 bits per heavy atom. The van der Waals surface area contributed by atoms with E-state index in [-0.39, 0.29) is 12.0 Å². The molecule has 0 bridgehead atoms. The quantitative estimate of drug-likeness (QED) is 0.843. The lowest BCUT2D eigenvalue weighted by atomic mass is 9.96. The molecule has 0 unspecified atom stereocenters. The molecule has 1 aliphatic heterocycles. The molecule has 4 nitrogen and oxygen atoms in total. The van der Waals surface area contributed by atoms with Crippen LogP contribution in [0.25, 0.3) is 0 Å². The fourth-order valence-electron chi connectivity index (χ4n) is 3.90. The van der Waals surface area contributed by atoms with Crippen LogP contribution < -0.4 is 0 Å². The number of carbonyl (C=O) groups is 1. The van der Waals surface area contributed by atoms with Gasteiger partial charge in [-0.25, -0.2) is 4.98 Å². The molecule has 0 radical (unpaired) electrons. The van der Waals surface area contributed by atoms with Crippen LogP contribution in [0.4, 0.5) is 0 Å². The number of ether oxygens (including phenoxy) is 1. The Hall–Kier alpha value is -0.940. The van der Waals surface area contributed by atoms with Gasteiger partial charge >= 0.3 is 0 Å². The van der Waals surface area contributed by atoms with Gasteiger partial charge in [-0.3, -0.25) is 4.79 Å². The van der Waals surface area contributed by atoms with Crippen LogP contribution in [-0.2, 0) is 4.74 Å². The lowest BCUT2D eigenvalue weighted by Crippen LogP contribution is -2.39. The summed E-state index contributed by atoms with van der Waals surface area (Å²) in [5.74, 6) is 0.913. The lowest BCUT2D eigenvalue weighted by molar-refractivity contribution is 0.0693. The molecular weight excluding hydrogens is 296 g/mol. The molecule has 5 heteroatoms. The maximum atomic E-state index is 13.0. The molecule has 22 heavy (non-hydrogen) atoms. The Balaban J connectivity index is 1.79. The zero-order valence-electron chi connectivity index (χ0n) is 13.8. The van der Waals surface area contributed by atoms with Gasteiger partial charge in [0.05, 0.1) is 5.69 Å². The Kier molecular flexibility index (Phi) is 4.83. The number of rotatable bonds is 4. The molecule has 2 aliphatic rings. The van der Waals surface area contributed by atoms with Crippen LogP contribution in [-0.4, -0.2) is 35.5 Å². The van der Waals surface area contributed by atoms with E-state index in [2.05, 4.69) is 9.88 Å². The Bertz CT molecular complexity index is 537. The molecule has 3 rings (SSSR count).